The Balaban J connectivity index is 1.20. The third kappa shape index (κ3) is 4.72. The summed E-state index contributed by atoms with van der Waals surface area (Å²) in [5, 5.41) is 4.35. The van der Waals surface area contributed by atoms with E-state index in [2.05, 4.69) is 15.1 Å². The summed E-state index contributed by atoms with van der Waals surface area (Å²) in [7, 11) is 0. The van der Waals surface area contributed by atoms with Crippen LogP contribution in [0.4, 0.5) is 5.69 Å². The van der Waals surface area contributed by atoms with E-state index >= 15 is 0 Å². The second-order valence-corrected chi connectivity index (χ2v) is 8.71. The highest BCUT2D eigenvalue weighted by atomic mass is 35.5. The number of halogens is 1. The zero-order valence-corrected chi connectivity index (χ0v) is 16.3. The molecule has 0 atom stereocenters. The quantitative estimate of drug-likeness (QED) is 0.848. The van der Waals surface area contributed by atoms with Gasteiger partial charge in [0.2, 0.25) is 5.91 Å². The Morgan fingerprint density at radius 3 is 2.23 bits per heavy atom. The molecule has 0 aromatic heterocycles. The predicted molar refractivity (Wildman–Crippen MR) is 107 cm³/mol. The van der Waals surface area contributed by atoms with Crippen molar-refractivity contribution in [3.63, 3.8) is 0 Å². The van der Waals surface area contributed by atoms with Crippen LogP contribution in [0.15, 0.2) is 24.3 Å². The highest BCUT2D eigenvalue weighted by Gasteiger charge is 2.32. The second-order valence-electron chi connectivity index (χ2n) is 8.27. The third-order valence-corrected chi connectivity index (χ3v) is 6.44. The summed E-state index contributed by atoms with van der Waals surface area (Å²) in [5.74, 6) is 1.58. The first-order valence-electron chi connectivity index (χ1n) is 10.2. The first kappa shape index (κ1) is 18.1. The summed E-state index contributed by atoms with van der Waals surface area (Å²) < 4.78 is 0. The predicted octanol–water partition coefficient (Wildman–Crippen LogP) is 3.86. The molecule has 1 aromatic carbocycles. The van der Waals surface area contributed by atoms with Gasteiger partial charge in [0.15, 0.2) is 0 Å². The van der Waals surface area contributed by atoms with Crippen LogP contribution in [-0.4, -0.2) is 54.5 Å². The Labute approximate surface area is 161 Å². The number of carbonyl (C=O) groups is 1. The summed E-state index contributed by atoms with van der Waals surface area (Å²) in [6, 6.07) is 8.36. The number of hydrogen-bond acceptors (Lipinski definition) is 3. The topological polar surface area (TPSA) is 35.6 Å². The Morgan fingerprint density at radius 1 is 0.962 bits per heavy atom. The number of anilines is 1. The zero-order chi connectivity index (χ0) is 17.9. The van der Waals surface area contributed by atoms with E-state index in [0.29, 0.717) is 11.9 Å². The Bertz CT molecular complexity index is 600. The number of benzene rings is 1. The van der Waals surface area contributed by atoms with Crippen molar-refractivity contribution in [2.75, 3.05) is 38.0 Å². The van der Waals surface area contributed by atoms with Gasteiger partial charge in [0.05, 0.1) is 0 Å². The van der Waals surface area contributed by atoms with E-state index in [1.54, 1.807) is 0 Å². The zero-order valence-electron chi connectivity index (χ0n) is 15.5. The van der Waals surface area contributed by atoms with Gasteiger partial charge < -0.3 is 10.2 Å². The molecule has 3 fully saturated rings. The molecule has 1 amide bonds. The van der Waals surface area contributed by atoms with E-state index in [4.69, 9.17) is 11.6 Å². The average Bonchev–Trinajstić information content (AvgIpc) is 3.48. The van der Waals surface area contributed by atoms with Crippen LogP contribution in [0.1, 0.15) is 38.5 Å². The molecule has 142 valence electrons. The maximum atomic E-state index is 12.9. The SMILES string of the molecule is O=C(C1CCC(Nc2ccc(Cl)cc2)CC1)N1CCN(CC2CC2)CC1. The second kappa shape index (κ2) is 8.18. The Hall–Kier alpha value is -1.26. The number of carbonyl (C=O) groups excluding carboxylic acids is 1. The molecule has 1 aliphatic heterocycles. The molecule has 26 heavy (non-hydrogen) atoms. The van der Waals surface area contributed by atoms with Crippen molar-refractivity contribution in [3.05, 3.63) is 29.3 Å². The van der Waals surface area contributed by atoms with Crippen LogP contribution in [0.3, 0.4) is 0 Å². The maximum absolute atomic E-state index is 12.9. The van der Waals surface area contributed by atoms with E-state index in [-0.39, 0.29) is 5.92 Å². The molecule has 1 aromatic rings. The minimum Gasteiger partial charge on any atom is -0.382 e. The number of amides is 1. The lowest BCUT2D eigenvalue weighted by molar-refractivity contribution is -0.138. The largest absolute Gasteiger partial charge is 0.382 e. The van der Waals surface area contributed by atoms with E-state index < -0.39 is 0 Å². The summed E-state index contributed by atoms with van der Waals surface area (Å²) in [5.41, 5.74) is 1.12. The van der Waals surface area contributed by atoms with Crippen LogP contribution < -0.4 is 5.32 Å². The van der Waals surface area contributed by atoms with Gasteiger partial charge in [-0.15, -0.1) is 0 Å². The van der Waals surface area contributed by atoms with E-state index in [1.165, 1.54) is 19.4 Å². The van der Waals surface area contributed by atoms with Crippen molar-refractivity contribution in [1.82, 2.24) is 9.80 Å². The van der Waals surface area contributed by atoms with Gasteiger partial charge in [-0.2, -0.15) is 0 Å². The Kier molecular flexibility index (Phi) is 5.70. The van der Waals surface area contributed by atoms with Crippen LogP contribution >= 0.6 is 11.6 Å². The summed E-state index contributed by atoms with van der Waals surface area (Å²) >= 11 is 5.95. The fourth-order valence-corrected chi connectivity index (χ4v) is 4.47. The van der Waals surface area contributed by atoms with Crippen molar-refractivity contribution < 1.29 is 4.79 Å². The molecule has 0 unspecified atom stereocenters. The lowest BCUT2D eigenvalue weighted by atomic mass is 9.85. The molecule has 3 aliphatic rings. The van der Waals surface area contributed by atoms with Crippen LogP contribution in [0.2, 0.25) is 5.02 Å². The van der Waals surface area contributed by atoms with Crippen molar-refractivity contribution in [3.8, 4) is 0 Å². The number of hydrogen-bond donors (Lipinski definition) is 1. The van der Waals surface area contributed by atoms with E-state index in [0.717, 1.165) is 68.5 Å². The molecule has 1 heterocycles. The molecule has 0 spiro atoms. The van der Waals surface area contributed by atoms with Crippen molar-refractivity contribution in [2.45, 2.75) is 44.6 Å². The number of piperazine rings is 1. The van der Waals surface area contributed by atoms with Crippen LogP contribution in [0.5, 0.6) is 0 Å². The normalized spacial score (nSPS) is 27.3. The van der Waals surface area contributed by atoms with Gasteiger partial charge in [0.1, 0.15) is 0 Å². The van der Waals surface area contributed by atoms with Gasteiger partial charge in [-0.1, -0.05) is 11.6 Å². The molecule has 0 bridgehead atoms. The number of nitrogens with zero attached hydrogens (tertiary/aromatic N) is 2. The third-order valence-electron chi connectivity index (χ3n) is 6.19. The highest BCUT2D eigenvalue weighted by Crippen LogP contribution is 2.31. The summed E-state index contributed by atoms with van der Waals surface area (Å²) in [6.45, 7) is 5.23. The average molecular weight is 376 g/mol. The first-order chi connectivity index (χ1) is 12.7. The minimum absolute atomic E-state index is 0.230. The molecular formula is C21H30ClN3O. The molecule has 5 heteroatoms. The van der Waals surface area contributed by atoms with Gasteiger partial charge in [-0.05, 0) is 68.7 Å². The van der Waals surface area contributed by atoms with Crippen molar-refractivity contribution in [1.29, 1.82) is 0 Å². The molecule has 1 N–H and O–H groups in total. The molecule has 2 saturated carbocycles. The molecule has 2 aliphatic carbocycles. The van der Waals surface area contributed by atoms with Gasteiger partial charge in [-0.3, -0.25) is 9.69 Å². The van der Waals surface area contributed by atoms with Crippen LogP contribution in [0, 0.1) is 11.8 Å². The van der Waals surface area contributed by atoms with Crippen molar-refractivity contribution >= 4 is 23.2 Å². The lowest BCUT2D eigenvalue weighted by Gasteiger charge is -2.38. The number of rotatable bonds is 5. The van der Waals surface area contributed by atoms with Crippen LogP contribution in [-0.2, 0) is 4.79 Å². The summed E-state index contributed by atoms with van der Waals surface area (Å²) in [4.78, 5) is 17.5. The smallest absolute Gasteiger partial charge is 0.225 e. The fourth-order valence-electron chi connectivity index (χ4n) is 4.34. The first-order valence-corrected chi connectivity index (χ1v) is 10.6. The van der Waals surface area contributed by atoms with Gasteiger partial charge >= 0.3 is 0 Å². The molecule has 0 radical (unpaired) electrons. The van der Waals surface area contributed by atoms with Crippen LogP contribution in [0.25, 0.3) is 0 Å². The van der Waals surface area contributed by atoms with Gasteiger partial charge in [-0.25, -0.2) is 0 Å². The minimum atomic E-state index is 0.230. The van der Waals surface area contributed by atoms with Crippen molar-refractivity contribution in [2.24, 2.45) is 11.8 Å². The molecular weight excluding hydrogens is 346 g/mol. The van der Waals surface area contributed by atoms with E-state index in [1.807, 2.05) is 24.3 Å². The monoisotopic (exact) mass is 375 g/mol. The Morgan fingerprint density at radius 2 is 1.62 bits per heavy atom. The highest BCUT2D eigenvalue weighted by molar-refractivity contribution is 6.30. The van der Waals surface area contributed by atoms with E-state index in [9.17, 15) is 4.79 Å². The fraction of sp³-hybridized carbons (Fsp3) is 0.667. The lowest BCUT2D eigenvalue weighted by Crippen LogP contribution is -2.51. The number of nitrogens with one attached hydrogen (secondary N) is 1. The van der Waals surface area contributed by atoms with Gasteiger partial charge in [0.25, 0.3) is 0 Å². The maximum Gasteiger partial charge on any atom is 0.225 e. The summed E-state index contributed by atoms with van der Waals surface area (Å²) in [6.07, 6.45) is 6.97. The molecule has 4 rings (SSSR count). The standard InChI is InChI=1S/C21H30ClN3O/c22-18-5-9-20(10-6-18)23-19-7-3-17(4-8-19)21(26)25-13-11-24(12-14-25)15-16-1-2-16/h5-6,9-10,16-17,19,23H,1-4,7-8,11-15H2. The molecule has 1 saturated heterocycles. The molecule has 4 nitrogen and oxygen atoms in total. The van der Waals surface area contributed by atoms with Gasteiger partial charge in [0, 0.05) is 55.4 Å².